The van der Waals surface area contributed by atoms with Gasteiger partial charge >= 0.3 is 6.18 Å². The van der Waals surface area contributed by atoms with Crippen molar-refractivity contribution in [2.75, 3.05) is 17.7 Å². The molecule has 0 saturated carbocycles. The Balaban J connectivity index is 1.79. The van der Waals surface area contributed by atoms with Crippen LogP contribution < -0.4 is 15.4 Å². The van der Waals surface area contributed by atoms with Crippen molar-refractivity contribution in [2.45, 2.75) is 32.0 Å². The monoisotopic (exact) mass is 471 g/mol. The number of nitrogens with zero attached hydrogens (tertiary/aromatic N) is 3. The predicted molar refractivity (Wildman–Crippen MR) is 122 cm³/mol. The number of halogens is 3. The van der Waals surface area contributed by atoms with Crippen LogP contribution >= 0.6 is 0 Å². The molecule has 1 aromatic heterocycles. The highest BCUT2D eigenvalue weighted by atomic mass is 19.4. The SMILES string of the molecule is C=C1Nc2nc(C(F)(F)F)nn2[C@@H](c2ccc(C(C)C)cc2)[C@@H]1C(=O)Nc1ccccc1OC. The number of methoxy groups -OCH3 is 1. The van der Waals surface area contributed by atoms with Crippen LogP contribution in [0.5, 0.6) is 5.75 Å². The van der Waals surface area contributed by atoms with Gasteiger partial charge in [0, 0.05) is 5.70 Å². The van der Waals surface area contributed by atoms with Crippen molar-refractivity contribution in [1.29, 1.82) is 0 Å². The molecule has 0 fully saturated rings. The topological polar surface area (TPSA) is 81.1 Å². The molecule has 34 heavy (non-hydrogen) atoms. The lowest BCUT2D eigenvalue weighted by atomic mass is 9.87. The third-order valence-electron chi connectivity index (χ3n) is 5.70. The average molecular weight is 471 g/mol. The van der Waals surface area contributed by atoms with E-state index in [2.05, 4.69) is 27.3 Å². The number of nitrogens with one attached hydrogen (secondary N) is 2. The van der Waals surface area contributed by atoms with Crippen LogP contribution in [0.15, 0.2) is 60.8 Å². The van der Waals surface area contributed by atoms with Crippen molar-refractivity contribution in [3.05, 3.63) is 77.8 Å². The van der Waals surface area contributed by atoms with E-state index in [1.807, 2.05) is 26.0 Å². The first-order valence-corrected chi connectivity index (χ1v) is 10.6. The molecule has 0 aliphatic carbocycles. The van der Waals surface area contributed by atoms with Crippen LogP contribution in [0.25, 0.3) is 0 Å². The fraction of sp³-hybridized carbons (Fsp3) is 0.292. The average Bonchev–Trinajstić information content (AvgIpc) is 3.22. The van der Waals surface area contributed by atoms with Crippen LogP contribution in [0.1, 0.15) is 42.8 Å². The Morgan fingerprint density at radius 2 is 1.85 bits per heavy atom. The van der Waals surface area contributed by atoms with Gasteiger partial charge in [-0.05, 0) is 29.2 Å². The number of hydrogen-bond acceptors (Lipinski definition) is 5. The van der Waals surface area contributed by atoms with E-state index < -0.39 is 29.9 Å². The highest BCUT2D eigenvalue weighted by Crippen LogP contribution is 2.40. The zero-order valence-electron chi connectivity index (χ0n) is 18.8. The number of amides is 1. The van der Waals surface area contributed by atoms with Crippen LogP contribution in [0.2, 0.25) is 0 Å². The molecule has 4 rings (SSSR count). The molecule has 0 radical (unpaired) electrons. The molecule has 2 N–H and O–H groups in total. The Bertz CT molecular complexity index is 1220. The molecular weight excluding hydrogens is 447 g/mol. The quantitative estimate of drug-likeness (QED) is 0.534. The predicted octanol–water partition coefficient (Wildman–Crippen LogP) is 5.21. The van der Waals surface area contributed by atoms with E-state index in [0.29, 0.717) is 17.0 Å². The third kappa shape index (κ3) is 4.35. The smallest absolute Gasteiger partial charge is 0.453 e. The van der Waals surface area contributed by atoms with E-state index >= 15 is 0 Å². The summed E-state index contributed by atoms with van der Waals surface area (Å²) < 4.78 is 46.6. The van der Waals surface area contributed by atoms with Crippen LogP contribution in [-0.2, 0) is 11.0 Å². The molecule has 2 aromatic carbocycles. The molecule has 0 spiro atoms. The number of benzene rings is 2. The maximum absolute atomic E-state index is 13.5. The maximum Gasteiger partial charge on any atom is 0.453 e. The molecule has 0 unspecified atom stereocenters. The summed E-state index contributed by atoms with van der Waals surface area (Å²) in [7, 11) is 1.48. The van der Waals surface area contributed by atoms with E-state index in [1.165, 1.54) is 7.11 Å². The number of hydrogen-bond donors (Lipinski definition) is 2. The summed E-state index contributed by atoms with van der Waals surface area (Å²) in [5, 5.41) is 9.26. The standard InChI is InChI=1S/C24H24F3N5O2/c1-13(2)15-9-11-16(12-10-15)20-19(21(33)29-17-7-5-6-8-18(17)34-4)14(3)28-23-30-22(24(25,26)27)31-32(20)23/h5-13,19-20H,3H2,1-2,4H3,(H,29,33)(H,28,30,31)/t19-,20+/m1/s1. The van der Waals surface area contributed by atoms with E-state index in [0.717, 1.165) is 10.2 Å². The molecule has 1 aliphatic heterocycles. The van der Waals surface area contributed by atoms with Crippen LogP contribution in [0.3, 0.4) is 0 Å². The zero-order chi connectivity index (χ0) is 24.6. The van der Waals surface area contributed by atoms with Gasteiger partial charge in [0.25, 0.3) is 5.82 Å². The largest absolute Gasteiger partial charge is 0.495 e. The number of aromatic nitrogens is 3. The highest BCUT2D eigenvalue weighted by Gasteiger charge is 2.44. The fourth-order valence-electron chi connectivity index (χ4n) is 3.95. The summed E-state index contributed by atoms with van der Waals surface area (Å²) in [6.07, 6.45) is -4.74. The Labute approximate surface area is 194 Å². The van der Waals surface area contributed by atoms with E-state index in [1.54, 1.807) is 36.4 Å². The van der Waals surface area contributed by atoms with Crippen molar-refractivity contribution in [3.8, 4) is 5.75 Å². The molecule has 178 valence electrons. The van der Waals surface area contributed by atoms with Crippen molar-refractivity contribution in [2.24, 2.45) is 5.92 Å². The van der Waals surface area contributed by atoms with Gasteiger partial charge in [0.1, 0.15) is 11.7 Å². The maximum atomic E-state index is 13.5. The molecule has 3 aromatic rings. The van der Waals surface area contributed by atoms with Crippen molar-refractivity contribution < 1.29 is 22.7 Å². The molecule has 1 aliphatic rings. The van der Waals surface area contributed by atoms with Crippen molar-refractivity contribution in [3.63, 3.8) is 0 Å². The van der Waals surface area contributed by atoms with E-state index in [9.17, 15) is 18.0 Å². The summed E-state index contributed by atoms with van der Waals surface area (Å²) in [6, 6.07) is 13.3. The summed E-state index contributed by atoms with van der Waals surface area (Å²) in [5.41, 5.74) is 2.30. The highest BCUT2D eigenvalue weighted by molar-refractivity contribution is 5.97. The van der Waals surface area contributed by atoms with Gasteiger partial charge in [0.15, 0.2) is 0 Å². The normalized spacial score (nSPS) is 17.8. The second kappa shape index (κ2) is 8.85. The minimum Gasteiger partial charge on any atom is -0.495 e. The number of para-hydroxylation sites is 2. The molecular formula is C24H24F3N5O2. The van der Waals surface area contributed by atoms with Gasteiger partial charge < -0.3 is 15.4 Å². The van der Waals surface area contributed by atoms with Gasteiger partial charge in [-0.2, -0.15) is 18.2 Å². The van der Waals surface area contributed by atoms with Crippen molar-refractivity contribution >= 4 is 17.5 Å². The van der Waals surface area contributed by atoms with Gasteiger partial charge in [-0.3, -0.25) is 4.79 Å². The second-order valence-electron chi connectivity index (χ2n) is 8.28. The van der Waals surface area contributed by atoms with Crippen LogP contribution in [0.4, 0.5) is 24.8 Å². The first kappa shape index (κ1) is 23.3. The number of ether oxygens (including phenoxy) is 1. The molecule has 0 saturated heterocycles. The molecule has 2 atom stereocenters. The minimum absolute atomic E-state index is 0.128. The lowest BCUT2D eigenvalue weighted by Crippen LogP contribution is -2.39. The zero-order valence-corrected chi connectivity index (χ0v) is 18.8. The lowest BCUT2D eigenvalue weighted by Gasteiger charge is -2.34. The molecule has 0 bridgehead atoms. The van der Waals surface area contributed by atoms with Gasteiger partial charge in [-0.15, -0.1) is 5.10 Å². The number of anilines is 2. The lowest BCUT2D eigenvalue weighted by molar-refractivity contribution is -0.145. The summed E-state index contributed by atoms with van der Waals surface area (Å²) in [6.45, 7) is 8.00. The number of alkyl halides is 3. The first-order valence-electron chi connectivity index (χ1n) is 10.6. The summed E-state index contributed by atoms with van der Waals surface area (Å²) >= 11 is 0. The van der Waals surface area contributed by atoms with E-state index in [-0.39, 0.29) is 17.6 Å². The molecule has 7 nitrogen and oxygen atoms in total. The minimum atomic E-state index is -4.74. The number of carbonyl (C=O) groups excluding carboxylic acids is 1. The number of rotatable bonds is 5. The van der Waals surface area contributed by atoms with Gasteiger partial charge in [0.05, 0.1) is 18.8 Å². The summed E-state index contributed by atoms with van der Waals surface area (Å²) in [5.74, 6) is -2.17. The Morgan fingerprint density at radius 3 is 2.47 bits per heavy atom. The Hall–Kier alpha value is -3.82. The van der Waals surface area contributed by atoms with Gasteiger partial charge in [-0.1, -0.05) is 56.8 Å². The molecule has 10 heteroatoms. The van der Waals surface area contributed by atoms with Gasteiger partial charge in [-0.25, -0.2) is 4.68 Å². The van der Waals surface area contributed by atoms with E-state index in [4.69, 9.17) is 4.74 Å². The molecule has 1 amide bonds. The molecule has 2 heterocycles. The first-order chi connectivity index (χ1) is 16.1. The Kier molecular flexibility index (Phi) is 6.07. The second-order valence-corrected chi connectivity index (χ2v) is 8.28. The third-order valence-corrected chi connectivity index (χ3v) is 5.70. The fourth-order valence-corrected chi connectivity index (χ4v) is 3.95. The van der Waals surface area contributed by atoms with Crippen LogP contribution in [0, 0.1) is 5.92 Å². The Morgan fingerprint density at radius 1 is 1.18 bits per heavy atom. The number of carbonyl (C=O) groups is 1. The number of fused-ring (bicyclic) bond motifs is 1. The summed E-state index contributed by atoms with van der Waals surface area (Å²) in [4.78, 5) is 17.1. The van der Waals surface area contributed by atoms with Crippen LogP contribution in [-0.4, -0.2) is 27.8 Å². The van der Waals surface area contributed by atoms with Gasteiger partial charge in [0.2, 0.25) is 11.9 Å². The van der Waals surface area contributed by atoms with Crippen molar-refractivity contribution in [1.82, 2.24) is 14.8 Å².